The zero-order valence-corrected chi connectivity index (χ0v) is 15.9. The summed E-state index contributed by atoms with van der Waals surface area (Å²) in [5.41, 5.74) is 5.05. The van der Waals surface area contributed by atoms with Gasteiger partial charge in [0.2, 0.25) is 5.91 Å². The van der Waals surface area contributed by atoms with Crippen LogP contribution in [0.2, 0.25) is 0 Å². The summed E-state index contributed by atoms with van der Waals surface area (Å²) in [5.74, 6) is 0.0741. The molecule has 7 heteroatoms. The molecule has 0 atom stereocenters. The number of sulfone groups is 1. The number of hydrogen-bond acceptors (Lipinski definition) is 5. The molecule has 25 heavy (non-hydrogen) atoms. The lowest BCUT2D eigenvalue weighted by atomic mass is 10.1. The topological polar surface area (TPSA) is 75.6 Å². The van der Waals surface area contributed by atoms with E-state index in [4.69, 9.17) is 0 Å². The highest BCUT2D eigenvalue weighted by atomic mass is 32.2. The molecule has 0 unspecified atom stereocenters. The number of amides is 1. The molecule has 2 aromatic rings. The lowest BCUT2D eigenvalue weighted by Crippen LogP contribution is -2.21. The monoisotopic (exact) mass is 376 g/mol. The molecule has 5 nitrogen and oxygen atoms in total. The fraction of sp³-hybridized carbons (Fsp3) is 0.222. The van der Waals surface area contributed by atoms with Crippen molar-refractivity contribution in [2.45, 2.75) is 23.6 Å². The minimum absolute atomic E-state index is 0.197. The van der Waals surface area contributed by atoms with Crippen molar-refractivity contribution in [3.8, 4) is 0 Å². The van der Waals surface area contributed by atoms with Crippen molar-refractivity contribution >= 4 is 33.2 Å². The Hall–Kier alpha value is -2.12. The molecular weight excluding hydrogens is 356 g/mol. The molecule has 2 aromatic carbocycles. The van der Waals surface area contributed by atoms with Crippen LogP contribution in [0.5, 0.6) is 0 Å². The maximum Gasteiger partial charge on any atom is 0.250 e. The second-order valence-electron chi connectivity index (χ2n) is 5.63. The average Bonchev–Trinajstić information content (AvgIpc) is 2.58. The maximum absolute atomic E-state index is 11.9. The van der Waals surface area contributed by atoms with Gasteiger partial charge in [0.15, 0.2) is 9.84 Å². The molecule has 2 rings (SSSR count). The molecule has 0 heterocycles. The summed E-state index contributed by atoms with van der Waals surface area (Å²) >= 11 is 1.44. The van der Waals surface area contributed by atoms with E-state index >= 15 is 0 Å². The number of aryl methyl sites for hydroxylation is 1. The lowest BCUT2D eigenvalue weighted by Gasteiger charge is -2.05. The van der Waals surface area contributed by atoms with Crippen LogP contribution in [0.25, 0.3) is 0 Å². The molecule has 0 aliphatic heterocycles. The Morgan fingerprint density at radius 3 is 2.24 bits per heavy atom. The second-order valence-corrected chi connectivity index (χ2v) is 8.69. The number of nitrogens with one attached hydrogen (secondary N) is 1. The van der Waals surface area contributed by atoms with E-state index in [-0.39, 0.29) is 16.6 Å². The van der Waals surface area contributed by atoms with Gasteiger partial charge in [0, 0.05) is 11.2 Å². The summed E-state index contributed by atoms with van der Waals surface area (Å²) in [7, 11) is -3.22. The summed E-state index contributed by atoms with van der Waals surface area (Å²) in [6.07, 6.45) is 1.16. The molecule has 1 N–H and O–H groups in total. The Labute approximate surface area is 152 Å². The summed E-state index contributed by atoms with van der Waals surface area (Å²) in [4.78, 5) is 13.2. The van der Waals surface area contributed by atoms with Gasteiger partial charge in [-0.2, -0.15) is 5.10 Å². The number of thioether (sulfide) groups is 1. The molecule has 0 radical (unpaired) electrons. The van der Waals surface area contributed by atoms with Crippen LogP contribution in [0, 0.1) is 6.92 Å². The maximum atomic E-state index is 11.9. The number of nitrogens with zero attached hydrogens (tertiary/aromatic N) is 1. The summed E-state index contributed by atoms with van der Waals surface area (Å²) in [5, 5.41) is 4.07. The normalized spacial score (nSPS) is 12.0. The van der Waals surface area contributed by atoms with Gasteiger partial charge in [0.1, 0.15) is 0 Å². The van der Waals surface area contributed by atoms with Gasteiger partial charge in [-0.15, -0.1) is 11.8 Å². The summed E-state index contributed by atoms with van der Waals surface area (Å²) in [6.45, 7) is 3.77. The van der Waals surface area contributed by atoms with E-state index in [1.807, 2.05) is 31.2 Å². The van der Waals surface area contributed by atoms with Crippen molar-refractivity contribution < 1.29 is 13.2 Å². The van der Waals surface area contributed by atoms with Crippen molar-refractivity contribution in [3.05, 3.63) is 59.7 Å². The fourth-order valence-corrected chi connectivity index (χ4v) is 3.29. The van der Waals surface area contributed by atoms with Crippen LogP contribution in [0.1, 0.15) is 18.1 Å². The third-order valence-corrected chi connectivity index (χ3v) is 5.58. The van der Waals surface area contributed by atoms with Gasteiger partial charge < -0.3 is 0 Å². The van der Waals surface area contributed by atoms with Crippen molar-refractivity contribution in [1.29, 1.82) is 0 Å². The predicted octanol–water partition coefficient (Wildman–Crippen LogP) is 3.03. The van der Waals surface area contributed by atoms with Crippen LogP contribution in [-0.2, 0) is 14.6 Å². The van der Waals surface area contributed by atoms with Crippen LogP contribution in [0.4, 0.5) is 0 Å². The number of benzene rings is 2. The minimum atomic E-state index is -3.22. The quantitative estimate of drug-likeness (QED) is 0.478. The zero-order chi connectivity index (χ0) is 18.4. The Bertz CT molecular complexity index is 872. The van der Waals surface area contributed by atoms with Crippen LogP contribution in [-0.4, -0.2) is 32.0 Å². The number of rotatable bonds is 6. The smallest absolute Gasteiger partial charge is 0.250 e. The van der Waals surface area contributed by atoms with Gasteiger partial charge in [-0.3, -0.25) is 4.79 Å². The largest absolute Gasteiger partial charge is 0.272 e. The van der Waals surface area contributed by atoms with E-state index in [0.29, 0.717) is 5.71 Å². The number of hydrazone groups is 1. The van der Waals surface area contributed by atoms with Gasteiger partial charge >= 0.3 is 0 Å². The molecule has 0 aromatic heterocycles. The van der Waals surface area contributed by atoms with Crippen molar-refractivity contribution in [2.75, 3.05) is 12.0 Å². The van der Waals surface area contributed by atoms with Crippen LogP contribution >= 0.6 is 11.8 Å². The van der Waals surface area contributed by atoms with Crippen LogP contribution < -0.4 is 5.43 Å². The first-order valence-electron chi connectivity index (χ1n) is 7.59. The molecular formula is C18H20N2O3S2. The summed E-state index contributed by atoms with van der Waals surface area (Å²) in [6, 6.07) is 14.4. The summed E-state index contributed by atoms with van der Waals surface area (Å²) < 4.78 is 22.9. The SMILES string of the molecule is C/C(=N/NC(=O)CSc1ccc(C)cc1)c1ccc(S(C)(=O)=O)cc1. The third kappa shape index (κ3) is 6.03. The Balaban J connectivity index is 1.91. The highest BCUT2D eigenvalue weighted by molar-refractivity contribution is 8.00. The number of hydrogen-bond donors (Lipinski definition) is 1. The van der Waals surface area contributed by atoms with Gasteiger partial charge in [-0.05, 0) is 43.7 Å². The first-order valence-corrected chi connectivity index (χ1v) is 10.5. The highest BCUT2D eigenvalue weighted by Gasteiger charge is 2.07. The molecule has 0 fully saturated rings. The molecule has 0 saturated carbocycles. The highest BCUT2D eigenvalue weighted by Crippen LogP contribution is 2.17. The predicted molar refractivity (Wildman–Crippen MR) is 102 cm³/mol. The number of carbonyl (C=O) groups is 1. The first-order chi connectivity index (χ1) is 11.8. The molecule has 1 amide bonds. The van der Waals surface area contributed by atoms with E-state index in [9.17, 15) is 13.2 Å². The van der Waals surface area contributed by atoms with Crippen molar-refractivity contribution in [3.63, 3.8) is 0 Å². The van der Waals surface area contributed by atoms with E-state index < -0.39 is 9.84 Å². The average molecular weight is 377 g/mol. The molecule has 132 valence electrons. The van der Waals surface area contributed by atoms with E-state index in [1.54, 1.807) is 19.1 Å². The van der Waals surface area contributed by atoms with Gasteiger partial charge in [-0.25, -0.2) is 13.8 Å². The molecule has 0 aliphatic rings. The van der Waals surface area contributed by atoms with Gasteiger partial charge in [-0.1, -0.05) is 29.8 Å². The fourth-order valence-electron chi connectivity index (χ4n) is 1.97. The number of carbonyl (C=O) groups excluding carboxylic acids is 1. The van der Waals surface area contributed by atoms with E-state index in [0.717, 1.165) is 16.7 Å². The zero-order valence-electron chi connectivity index (χ0n) is 14.3. The van der Waals surface area contributed by atoms with Crippen LogP contribution in [0.15, 0.2) is 63.4 Å². The minimum Gasteiger partial charge on any atom is -0.272 e. The van der Waals surface area contributed by atoms with Crippen molar-refractivity contribution in [1.82, 2.24) is 5.43 Å². The first kappa shape index (κ1) is 19.2. The van der Waals surface area contributed by atoms with Gasteiger partial charge in [0.25, 0.3) is 0 Å². The van der Waals surface area contributed by atoms with E-state index in [2.05, 4.69) is 10.5 Å². The molecule has 0 bridgehead atoms. The molecule has 0 spiro atoms. The van der Waals surface area contributed by atoms with Crippen molar-refractivity contribution in [2.24, 2.45) is 5.10 Å². The standard InChI is InChI=1S/C18H20N2O3S2/c1-13-4-8-16(9-5-13)24-12-18(21)20-19-14(2)15-6-10-17(11-7-15)25(3,22)23/h4-11H,12H2,1-3H3,(H,20,21)/b19-14-. The third-order valence-electron chi connectivity index (χ3n) is 3.44. The Morgan fingerprint density at radius 1 is 1.08 bits per heavy atom. The molecule has 0 aliphatic carbocycles. The van der Waals surface area contributed by atoms with Gasteiger partial charge in [0.05, 0.1) is 16.4 Å². The van der Waals surface area contributed by atoms with Crippen LogP contribution in [0.3, 0.4) is 0 Å². The Kier molecular flexibility index (Phi) is 6.39. The Morgan fingerprint density at radius 2 is 1.68 bits per heavy atom. The lowest BCUT2D eigenvalue weighted by molar-refractivity contribution is -0.118. The van der Waals surface area contributed by atoms with E-state index in [1.165, 1.54) is 29.5 Å². The second kappa shape index (κ2) is 8.31. The molecule has 0 saturated heterocycles.